The first kappa shape index (κ1) is 8.23. The van der Waals surface area contributed by atoms with Crippen LogP contribution in [0, 0.1) is 0 Å². The number of hydrogen-bond donors (Lipinski definition) is 2. The molecule has 2 aromatic rings. The highest BCUT2D eigenvalue weighted by atomic mass is 16.1. The Morgan fingerprint density at radius 3 is 2.93 bits per heavy atom. The third kappa shape index (κ3) is 1.88. The number of benzene rings is 1. The maximum absolute atomic E-state index is 11.4. The number of hydrogen-bond acceptors (Lipinski definition) is 2. The molecule has 0 aliphatic heterocycles. The number of H-pyrrole nitrogens is 1. The fraction of sp³-hybridized carbons (Fsp3) is 0.0909. The minimum atomic E-state index is -0.512. The van der Waals surface area contributed by atoms with Crippen molar-refractivity contribution in [2.45, 2.75) is 6.92 Å². The lowest BCUT2D eigenvalue weighted by Crippen LogP contribution is -2.11. The monoisotopic (exact) mass is 203 g/mol. The average Bonchev–Trinajstić information content (AvgIpc) is 2.24. The van der Waals surface area contributed by atoms with Gasteiger partial charge in [-0.25, -0.2) is 0 Å². The summed E-state index contributed by atoms with van der Waals surface area (Å²) < 4.78 is 7.61. The molecule has 1 aromatic heterocycles. The van der Waals surface area contributed by atoms with Gasteiger partial charge in [-0.1, -0.05) is 18.2 Å². The van der Waals surface area contributed by atoms with Crippen LogP contribution >= 0.6 is 0 Å². The van der Waals surface area contributed by atoms with Crippen LogP contribution in [0.5, 0.6) is 0 Å². The van der Waals surface area contributed by atoms with E-state index in [9.17, 15) is 9.59 Å². The Morgan fingerprint density at radius 1 is 1.47 bits per heavy atom. The van der Waals surface area contributed by atoms with Gasteiger partial charge in [0.2, 0.25) is 11.5 Å². The van der Waals surface area contributed by atoms with Crippen LogP contribution in [0.25, 0.3) is 10.9 Å². The lowest BCUT2D eigenvalue weighted by atomic mass is 10.2. The van der Waals surface area contributed by atoms with Crippen molar-refractivity contribution < 1.29 is 6.17 Å². The lowest BCUT2D eigenvalue weighted by Gasteiger charge is -2.05. The van der Waals surface area contributed by atoms with E-state index in [0.29, 0.717) is 10.9 Å². The number of rotatable bonds is 1. The second-order valence-corrected chi connectivity index (χ2v) is 3.18. The van der Waals surface area contributed by atoms with Gasteiger partial charge in [-0.3, -0.25) is 9.59 Å². The number of pyridine rings is 1. The van der Waals surface area contributed by atoms with Gasteiger partial charge in [-0.05, 0) is 6.07 Å². The Morgan fingerprint density at radius 2 is 2.20 bits per heavy atom. The number of amides is 1. The van der Waals surface area contributed by atoms with Crippen molar-refractivity contribution in [1.29, 1.82) is 0 Å². The lowest BCUT2D eigenvalue weighted by molar-refractivity contribution is -0.114. The van der Waals surface area contributed by atoms with Gasteiger partial charge in [-0.15, -0.1) is 0 Å². The van der Waals surface area contributed by atoms with Crippen molar-refractivity contribution >= 4 is 22.5 Å². The second-order valence-electron chi connectivity index (χ2n) is 3.18. The van der Waals surface area contributed by atoms with Gasteiger partial charge in [0.1, 0.15) is 0 Å². The molecule has 0 saturated heterocycles. The molecule has 2 N–H and O–H groups in total. The Labute approximate surface area is 87.3 Å². The molecular formula is C11H10N2O2. The van der Waals surface area contributed by atoms with Crippen LogP contribution in [0.15, 0.2) is 35.1 Å². The smallest absolute Gasteiger partial charge is 0.250 e. The van der Waals surface area contributed by atoms with Crippen LogP contribution in [0.3, 0.4) is 0 Å². The van der Waals surface area contributed by atoms with E-state index in [0.717, 1.165) is 0 Å². The first-order valence-electron chi connectivity index (χ1n) is 4.99. The Balaban J connectivity index is 2.81. The number of fused-ring (bicyclic) bond motifs is 1. The van der Waals surface area contributed by atoms with Gasteiger partial charge in [0.15, 0.2) is 0 Å². The molecule has 0 bridgehead atoms. The standard InChI is InChI=1S/C11H10N2O2/c1-7(14)12-10-6-11(15)13-9-5-3-2-4-8(9)10/h2-6H,1H3,(H2,12,13,14,15)/i6D. The van der Waals surface area contributed by atoms with Gasteiger partial charge in [0.05, 0.1) is 12.6 Å². The first-order valence-corrected chi connectivity index (χ1v) is 4.49. The third-order valence-corrected chi connectivity index (χ3v) is 1.98. The van der Waals surface area contributed by atoms with Crippen molar-refractivity contribution in [3.05, 3.63) is 40.7 Å². The van der Waals surface area contributed by atoms with E-state index < -0.39 is 5.56 Å². The van der Waals surface area contributed by atoms with Crippen LogP contribution in [-0.2, 0) is 4.79 Å². The molecule has 0 aliphatic rings. The van der Waals surface area contributed by atoms with Crippen LogP contribution < -0.4 is 10.9 Å². The fourth-order valence-corrected chi connectivity index (χ4v) is 1.42. The predicted octanol–water partition coefficient (Wildman–Crippen LogP) is 1.49. The highest BCUT2D eigenvalue weighted by molar-refractivity contribution is 5.99. The van der Waals surface area contributed by atoms with Gasteiger partial charge >= 0.3 is 0 Å². The SMILES string of the molecule is [2H]c1c(NC(C)=O)c2ccccc2[nH]c1=O. The summed E-state index contributed by atoms with van der Waals surface area (Å²) in [7, 11) is 0. The van der Waals surface area contributed by atoms with Crippen molar-refractivity contribution in [1.82, 2.24) is 4.98 Å². The summed E-state index contributed by atoms with van der Waals surface area (Å²) in [5.74, 6) is -0.302. The largest absolute Gasteiger partial charge is 0.326 e. The molecule has 0 aliphatic carbocycles. The number of nitrogens with one attached hydrogen (secondary N) is 2. The molecule has 0 saturated carbocycles. The number of carbonyl (C=O) groups is 1. The predicted molar refractivity (Wildman–Crippen MR) is 58.9 cm³/mol. The number of aromatic nitrogens is 1. The number of para-hydroxylation sites is 1. The number of anilines is 1. The van der Waals surface area contributed by atoms with E-state index >= 15 is 0 Å². The maximum Gasteiger partial charge on any atom is 0.250 e. The molecule has 76 valence electrons. The Bertz CT molecular complexity index is 619. The summed E-state index contributed by atoms with van der Waals surface area (Å²) >= 11 is 0. The number of aromatic amines is 1. The van der Waals surface area contributed by atoms with Crippen molar-refractivity contribution in [2.75, 3.05) is 5.32 Å². The molecule has 1 amide bonds. The van der Waals surface area contributed by atoms with Gasteiger partial charge < -0.3 is 10.3 Å². The normalized spacial score (nSPS) is 11.1. The van der Waals surface area contributed by atoms with Gasteiger partial charge in [0.25, 0.3) is 0 Å². The zero-order chi connectivity index (χ0) is 11.7. The molecule has 0 atom stereocenters. The fourth-order valence-electron chi connectivity index (χ4n) is 1.42. The zero-order valence-corrected chi connectivity index (χ0v) is 8.13. The van der Waals surface area contributed by atoms with Crippen LogP contribution in [0.1, 0.15) is 8.29 Å². The van der Waals surface area contributed by atoms with E-state index in [4.69, 9.17) is 1.37 Å². The van der Waals surface area contributed by atoms with Gasteiger partial charge in [0, 0.05) is 18.4 Å². The molecule has 0 spiro atoms. The molecule has 0 unspecified atom stereocenters. The summed E-state index contributed by atoms with van der Waals surface area (Å²) in [5, 5.41) is 3.17. The van der Waals surface area contributed by atoms with E-state index in [1.54, 1.807) is 24.3 Å². The maximum atomic E-state index is 11.4. The molecule has 0 fully saturated rings. The summed E-state index contributed by atoms with van der Waals surface area (Å²) in [5.41, 5.74) is 0.349. The summed E-state index contributed by atoms with van der Waals surface area (Å²) in [6.07, 6.45) is 0. The molecule has 1 aromatic carbocycles. The van der Waals surface area contributed by atoms with E-state index in [-0.39, 0.29) is 17.6 Å². The minimum Gasteiger partial charge on any atom is -0.326 e. The van der Waals surface area contributed by atoms with E-state index in [1.807, 2.05) is 0 Å². The molecule has 2 rings (SSSR count). The number of carbonyl (C=O) groups excluding carboxylic acids is 1. The molecule has 4 heteroatoms. The highest BCUT2D eigenvalue weighted by Gasteiger charge is 2.03. The van der Waals surface area contributed by atoms with Crippen molar-refractivity contribution in [2.24, 2.45) is 0 Å². The van der Waals surface area contributed by atoms with Gasteiger partial charge in [-0.2, -0.15) is 0 Å². The second kappa shape index (κ2) is 3.57. The van der Waals surface area contributed by atoms with Crippen molar-refractivity contribution in [3.63, 3.8) is 0 Å². The third-order valence-electron chi connectivity index (χ3n) is 1.98. The Kier molecular flexibility index (Phi) is 1.96. The quantitative estimate of drug-likeness (QED) is 0.737. The van der Waals surface area contributed by atoms with E-state index in [1.165, 1.54) is 6.92 Å². The highest BCUT2D eigenvalue weighted by Crippen LogP contribution is 2.18. The topological polar surface area (TPSA) is 62.0 Å². The van der Waals surface area contributed by atoms with Crippen LogP contribution in [0.2, 0.25) is 0 Å². The first-order chi connectivity index (χ1) is 7.59. The molecule has 4 nitrogen and oxygen atoms in total. The van der Waals surface area contributed by atoms with Crippen LogP contribution in [0.4, 0.5) is 5.69 Å². The summed E-state index contributed by atoms with van der Waals surface area (Å²) in [4.78, 5) is 25.0. The minimum absolute atomic E-state index is 0.228. The van der Waals surface area contributed by atoms with Crippen LogP contribution in [-0.4, -0.2) is 10.9 Å². The molecule has 0 radical (unpaired) electrons. The average molecular weight is 203 g/mol. The molecule has 1 heterocycles. The summed E-state index contributed by atoms with van der Waals surface area (Å²) in [6, 6.07) is 6.80. The van der Waals surface area contributed by atoms with E-state index in [2.05, 4.69) is 10.3 Å². The van der Waals surface area contributed by atoms with Crippen molar-refractivity contribution in [3.8, 4) is 0 Å². The Hall–Kier alpha value is -2.10. The molecular weight excluding hydrogens is 192 g/mol. The summed E-state index contributed by atoms with van der Waals surface area (Å²) in [6.45, 7) is 1.34. The molecule has 15 heavy (non-hydrogen) atoms. The zero-order valence-electron chi connectivity index (χ0n) is 9.13.